The highest BCUT2D eigenvalue weighted by atomic mass is 32.2. The smallest absolute Gasteiger partial charge is 0.264 e. The van der Waals surface area contributed by atoms with E-state index >= 15 is 0 Å². The average Bonchev–Trinajstić information content (AvgIpc) is 3.03. The number of aryl methyl sites for hydroxylation is 3. The number of carbonyl (C=O) groups is 2. The lowest BCUT2D eigenvalue weighted by Crippen LogP contribution is -2.54. The lowest BCUT2D eigenvalue weighted by Gasteiger charge is -2.34. The molecular formula is C37H43N3O4S. The molecule has 0 aliphatic heterocycles. The molecule has 2 unspecified atom stereocenters. The van der Waals surface area contributed by atoms with Crippen LogP contribution in [0.25, 0.3) is 0 Å². The first-order valence-corrected chi connectivity index (χ1v) is 16.8. The number of amides is 2. The molecule has 4 rings (SSSR count). The average molecular weight is 626 g/mol. The number of hydrogen-bond donors (Lipinski definition) is 1. The van der Waals surface area contributed by atoms with Crippen molar-refractivity contribution in [3.63, 3.8) is 0 Å². The highest BCUT2D eigenvalue weighted by molar-refractivity contribution is 7.92. The van der Waals surface area contributed by atoms with E-state index in [4.69, 9.17) is 0 Å². The maximum absolute atomic E-state index is 14.5. The zero-order valence-electron chi connectivity index (χ0n) is 26.7. The minimum Gasteiger partial charge on any atom is -0.352 e. The van der Waals surface area contributed by atoms with Crippen LogP contribution in [0.1, 0.15) is 48.1 Å². The zero-order valence-corrected chi connectivity index (χ0v) is 27.6. The maximum Gasteiger partial charge on any atom is 0.264 e. The van der Waals surface area contributed by atoms with Crippen LogP contribution < -0.4 is 9.62 Å². The molecule has 2 amide bonds. The second kappa shape index (κ2) is 15.0. The van der Waals surface area contributed by atoms with Gasteiger partial charge in [0.1, 0.15) is 12.6 Å². The number of nitrogens with zero attached hydrogens (tertiary/aromatic N) is 2. The number of carbonyl (C=O) groups excluding carboxylic acids is 2. The second-order valence-electron chi connectivity index (χ2n) is 11.7. The van der Waals surface area contributed by atoms with E-state index in [0.717, 1.165) is 38.5 Å². The summed E-state index contributed by atoms with van der Waals surface area (Å²) in [5, 5.41) is 3.07. The molecule has 0 spiro atoms. The van der Waals surface area contributed by atoms with E-state index in [2.05, 4.69) is 5.32 Å². The summed E-state index contributed by atoms with van der Waals surface area (Å²) in [6, 6.07) is 30.0. The summed E-state index contributed by atoms with van der Waals surface area (Å²) in [5.74, 6) is -0.760. The van der Waals surface area contributed by atoms with Crippen molar-refractivity contribution in [2.24, 2.45) is 0 Å². The van der Waals surface area contributed by atoms with Crippen molar-refractivity contribution in [1.29, 1.82) is 0 Å². The molecule has 0 fully saturated rings. The molecular weight excluding hydrogens is 582 g/mol. The topological polar surface area (TPSA) is 86.8 Å². The highest BCUT2D eigenvalue weighted by Gasteiger charge is 2.35. The van der Waals surface area contributed by atoms with E-state index in [1.165, 1.54) is 4.90 Å². The normalized spacial score (nSPS) is 12.6. The third-order valence-corrected chi connectivity index (χ3v) is 9.74. The zero-order chi connectivity index (χ0) is 32.6. The van der Waals surface area contributed by atoms with Crippen molar-refractivity contribution >= 4 is 27.5 Å². The van der Waals surface area contributed by atoms with E-state index < -0.39 is 28.5 Å². The van der Waals surface area contributed by atoms with Gasteiger partial charge in [0.25, 0.3) is 10.0 Å². The van der Waals surface area contributed by atoms with Gasteiger partial charge >= 0.3 is 0 Å². The summed E-state index contributed by atoms with van der Waals surface area (Å²) in [7, 11) is -4.13. The first-order chi connectivity index (χ1) is 21.5. The molecule has 0 aliphatic rings. The predicted molar refractivity (Wildman–Crippen MR) is 180 cm³/mol. The minimum absolute atomic E-state index is 0.0851. The largest absolute Gasteiger partial charge is 0.352 e. The van der Waals surface area contributed by atoms with Gasteiger partial charge in [0, 0.05) is 19.0 Å². The summed E-state index contributed by atoms with van der Waals surface area (Å²) >= 11 is 0. The van der Waals surface area contributed by atoms with E-state index in [1.54, 1.807) is 36.4 Å². The standard InChI is InChI=1S/C37H43N3O4S/c1-6-30(5)38-37(42)35(24-31-10-8-7-9-11-31)39(25-32-18-12-27(2)13-19-32)36(41)26-40(33-20-14-28(3)15-21-33)45(43,44)34-22-16-29(4)17-23-34/h7-23,30,35H,6,24-26H2,1-5H3,(H,38,42). The second-order valence-corrected chi connectivity index (χ2v) is 13.6. The van der Waals surface area contributed by atoms with Crippen LogP contribution in [0.4, 0.5) is 5.69 Å². The summed E-state index contributed by atoms with van der Waals surface area (Å²) < 4.78 is 29.4. The van der Waals surface area contributed by atoms with Crippen LogP contribution in [-0.4, -0.2) is 43.8 Å². The van der Waals surface area contributed by atoms with Crippen LogP contribution >= 0.6 is 0 Å². The fourth-order valence-electron chi connectivity index (χ4n) is 4.96. The van der Waals surface area contributed by atoms with Gasteiger partial charge in [0.05, 0.1) is 10.6 Å². The van der Waals surface area contributed by atoms with Crippen LogP contribution in [0.5, 0.6) is 0 Å². The Morgan fingerprint density at radius 1 is 0.733 bits per heavy atom. The van der Waals surface area contributed by atoms with Crippen molar-refractivity contribution < 1.29 is 18.0 Å². The molecule has 0 heterocycles. The molecule has 0 saturated carbocycles. The van der Waals surface area contributed by atoms with Crippen molar-refractivity contribution in [2.75, 3.05) is 10.8 Å². The lowest BCUT2D eigenvalue weighted by molar-refractivity contribution is -0.140. The van der Waals surface area contributed by atoms with E-state index in [1.807, 2.05) is 101 Å². The van der Waals surface area contributed by atoms with Crippen molar-refractivity contribution in [3.05, 3.63) is 131 Å². The van der Waals surface area contributed by atoms with Crippen LogP contribution in [0.2, 0.25) is 0 Å². The number of benzene rings is 4. The van der Waals surface area contributed by atoms with Gasteiger partial charge in [-0.1, -0.05) is 102 Å². The van der Waals surface area contributed by atoms with Crippen molar-refractivity contribution in [2.45, 2.75) is 71.0 Å². The van der Waals surface area contributed by atoms with Gasteiger partial charge in [-0.25, -0.2) is 8.42 Å². The molecule has 0 bridgehead atoms. The molecule has 4 aromatic rings. The molecule has 0 aromatic heterocycles. The number of sulfonamides is 1. The fraction of sp³-hybridized carbons (Fsp3) is 0.297. The molecule has 2 atom stereocenters. The molecule has 7 nitrogen and oxygen atoms in total. The summed E-state index contributed by atoms with van der Waals surface area (Å²) in [5.41, 5.74) is 5.06. The summed E-state index contributed by atoms with van der Waals surface area (Å²) in [4.78, 5) is 30.1. The Hall–Kier alpha value is -4.43. The number of hydrogen-bond acceptors (Lipinski definition) is 4. The molecule has 45 heavy (non-hydrogen) atoms. The minimum atomic E-state index is -4.13. The molecule has 0 saturated heterocycles. The van der Waals surface area contributed by atoms with Gasteiger partial charge in [-0.15, -0.1) is 0 Å². The van der Waals surface area contributed by atoms with E-state index in [0.29, 0.717) is 5.69 Å². The third-order valence-electron chi connectivity index (χ3n) is 7.96. The Morgan fingerprint density at radius 3 is 1.82 bits per heavy atom. The van der Waals surface area contributed by atoms with Crippen LogP contribution in [0.15, 0.2) is 108 Å². The number of nitrogens with one attached hydrogen (secondary N) is 1. The number of rotatable bonds is 13. The molecule has 4 aromatic carbocycles. The molecule has 8 heteroatoms. The first-order valence-electron chi connectivity index (χ1n) is 15.3. The van der Waals surface area contributed by atoms with Crippen LogP contribution in [-0.2, 0) is 32.6 Å². The number of anilines is 1. The Balaban J connectivity index is 1.80. The quantitative estimate of drug-likeness (QED) is 0.187. The van der Waals surface area contributed by atoms with Gasteiger partial charge in [-0.3, -0.25) is 13.9 Å². The molecule has 1 N–H and O–H groups in total. The van der Waals surface area contributed by atoms with E-state index in [-0.39, 0.29) is 29.8 Å². The van der Waals surface area contributed by atoms with Gasteiger partial charge in [0.2, 0.25) is 11.8 Å². The van der Waals surface area contributed by atoms with Gasteiger partial charge in [-0.2, -0.15) is 0 Å². The van der Waals surface area contributed by atoms with Crippen molar-refractivity contribution in [3.8, 4) is 0 Å². The Morgan fingerprint density at radius 2 is 1.27 bits per heavy atom. The first kappa shape index (κ1) is 33.5. The molecule has 0 radical (unpaired) electrons. The van der Waals surface area contributed by atoms with E-state index in [9.17, 15) is 18.0 Å². The van der Waals surface area contributed by atoms with Gasteiger partial charge in [0.15, 0.2) is 0 Å². The molecule has 0 aliphatic carbocycles. The highest BCUT2D eigenvalue weighted by Crippen LogP contribution is 2.26. The lowest BCUT2D eigenvalue weighted by atomic mass is 10.0. The van der Waals surface area contributed by atoms with Crippen LogP contribution in [0.3, 0.4) is 0 Å². The SMILES string of the molecule is CCC(C)NC(=O)C(Cc1ccccc1)N(Cc1ccc(C)cc1)C(=O)CN(c1ccc(C)cc1)S(=O)(=O)c1ccc(C)cc1. The van der Waals surface area contributed by atoms with Crippen LogP contribution in [0, 0.1) is 20.8 Å². The maximum atomic E-state index is 14.5. The monoisotopic (exact) mass is 625 g/mol. The summed E-state index contributed by atoms with van der Waals surface area (Å²) in [6.07, 6.45) is 1.00. The van der Waals surface area contributed by atoms with Gasteiger partial charge < -0.3 is 10.2 Å². The summed E-state index contributed by atoms with van der Waals surface area (Å²) in [6.45, 7) is 9.36. The Kier molecular flexibility index (Phi) is 11.2. The molecule has 236 valence electrons. The third kappa shape index (κ3) is 8.82. The van der Waals surface area contributed by atoms with Gasteiger partial charge in [-0.05, 0) is 69.5 Å². The predicted octanol–water partition coefficient (Wildman–Crippen LogP) is 6.36. The Labute approximate surface area is 268 Å². The van der Waals surface area contributed by atoms with Crippen molar-refractivity contribution in [1.82, 2.24) is 10.2 Å². The Bertz CT molecular complexity index is 1670. The fourth-order valence-corrected chi connectivity index (χ4v) is 6.38.